The van der Waals surface area contributed by atoms with Crippen LogP contribution in [0.3, 0.4) is 0 Å². The number of benzene rings is 3. The number of guanidine groups is 1. The van der Waals surface area contributed by atoms with E-state index < -0.39 is 100 Å². The molecule has 0 saturated heterocycles. The predicted octanol–water partition coefficient (Wildman–Crippen LogP) is 1.89. The molecule has 3 aromatic rings. The fraction of sp³-hybridized carbons (Fsp3) is 0.375. The predicted molar refractivity (Wildman–Crippen MR) is 222 cm³/mol. The molecule has 0 aliphatic rings. The number of hydrogen-bond acceptors (Lipinski definition) is 12. The van der Waals surface area contributed by atoms with Crippen molar-refractivity contribution < 1.29 is 43.5 Å². The molecular formula is C40H50N10O11. The maximum Gasteiger partial charge on any atom is 0.306 e. The highest BCUT2D eigenvalue weighted by Gasteiger charge is 2.35. The van der Waals surface area contributed by atoms with Crippen LogP contribution in [0.4, 0.5) is 11.4 Å². The molecule has 326 valence electrons. The minimum atomic E-state index is -1.69. The van der Waals surface area contributed by atoms with E-state index in [1.807, 2.05) is 12.3 Å². The summed E-state index contributed by atoms with van der Waals surface area (Å²) in [4.78, 5) is 107. The van der Waals surface area contributed by atoms with Gasteiger partial charge >= 0.3 is 5.97 Å². The topological polar surface area (TPSA) is 322 Å². The highest BCUT2D eigenvalue weighted by Crippen LogP contribution is 2.19. The maximum absolute atomic E-state index is 14.0. The van der Waals surface area contributed by atoms with Crippen LogP contribution in [-0.2, 0) is 35.3 Å². The van der Waals surface area contributed by atoms with Crippen molar-refractivity contribution in [2.24, 2.45) is 28.3 Å². The molecule has 0 bridgehead atoms. The number of aliphatic imine (C=N–C) groups is 1. The Balaban J connectivity index is 1.84. The van der Waals surface area contributed by atoms with Crippen LogP contribution in [0.15, 0.2) is 89.9 Å². The average Bonchev–Trinajstić information content (AvgIpc) is 3.24. The monoisotopic (exact) mass is 846 g/mol. The number of hydrazine groups is 1. The summed E-state index contributed by atoms with van der Waals surface area (Å²) in [6, 6.07) is 16.0. The van der Waals surface area contributed by atoms with Gasteiger partial charge in [0, 0.05) is 35.7 Å². The Kier molecular flexibility index (Phi) is 18.7. The highest BCUT2D eigenvalue weighted by atomic mass is 16.7. The Hall–Kier alpha value is -7.45. The van der Waals surface area contributed by atoms with Gasteiger partial charge in [0.1, 0.15) is 18.7 Å². The summed E-state index contributed by atoms with van der Waals surface area (Å²) in [5, 5.41) is 31.8. The number of ether oxygens (including phenoxy) is 1. The van der Waals surface area contributed by atoms with E-state index in [0.29, 0.717) is 17.5 Å². The van der Waals surface area contributed by atoms with Crippen molar-refractivity contribution in [3.63, 3.8) is 0 Å². The molecule has 6 atom stereocenters. The zero-order valence-electron chi connectivity index (χ0n) is 33.8. The molecule has 3 rings (SSSR count). The molecule has 61 heavy (non-hydrogen) atoms. The van der Waals surface area contributed by atoms with Gasteiger partial charge in [-0.25, -0.2) is 10.1 Å². The van der Waals surface area contributed by atoms with E-state index in [-0.39, 0.29) is 30.8 Å². The number of carbonyl (C=O) groups excluding carboxylic acids is 6. The fourth-order valence-electron chi connectivity index (χ4n) is 5.88. The number of hydrogen-bond donors (Lipinski definition) is 7. The van der Waals surface area contributed by atoms with Crippen LogP contribution in [0.25, 0.3) is 0 Å². The number of carbonyl (C=O) groups is 6. The molecule has 21 nitrogen and oxygen atoms in total. The Morgan fingerprint density at radius 2 is 1.41 bits per heavy atom. The van der Waals surface area contributed by atoms with Crippen LogP contribution in [0, 0.1) is 32.1 Å². The first-order valence-corrected chi connectivity index (χ1v) is 19.2. The van der Waals surface area contributed by atoms with Gasteiger partial charge in [0.25, 0.3) is 17.5 Å². The Labute approximate surface area is 350 Å². The number of nitro groups is 2. The minimum absolute atomic E-state index is 0.0502. The summed E-state index contributed by atoms with van der Waals surface area (Å²) in [6.07, 6.45) is -0.748. The second-order valence-corrected chi connectivity index (χ2v) is 14.0. The summed E-state index contributed by atoms with van der Waals surface area (Å²) in [5.74, 6) is -6.82. The number of Topliss-reactive ketones (excluding diaryl/α,β-unsaturated/α-hetero) is 1. The number of ketones is 1. The normalized spacial score (nSPS) is 13.6. The SMILES string of the molecule is CC[C@H](C)[C@H](NC(=O)c1ccccc1)C(=O)N[C@@H](CCC(=O)OCc1ccccc1)C(=O)N[C@@H](C)C(=O)C(CN=C(N)N)C[C@H](N[N+](=O)[O-])C(=O)Nc1ccc([N+](=O)[O-])cc1. The van der Waals surface area contributed by atoms with Crippen molar-refractivity contribution in [1.29, 1.82) is 0 Å². The number of non-ortho nitro benzene ring substituents is 1. The van der Waals surface area contributed by atoms with Gasteiger partial charge < -0.3 is 37.5 Å². The molecule has 0 aliphatic carbocycles. The molecule has 0 fully saturated rings. The van der Waals surface area contributed by atoms with E-state index in [4.69, 9.17) is 16.2 Å². The lowest BCUT2D eigenvalue weighted by Gasteiger charge is -2.28. The van der Waals surface area contributed by atoms with E-state index in [9.17, 15) is 49.0 Å². The molecule has 3 aromatic carbocycles. The summed E-state index contributed by atoms with van der Waals surface area (Å²) < 4.78 is 5.36. The molecule has 0 saturated carbocycles. The third-order valence-corrected chi connectivity index (χ3v) is 9.46. The van der Waals surface area contributed by atoms with Crippen molar-refractivity contribution in [3.05, 3.63) is 116 Å². The fourth-order valence-corrected chi connectivity index (χ4v) is 5.88. The summed E-state index contributed by atoms with van der Waals surface area (Å²) in [7, 11) is 0. The number of nitrogens with one attached hydrogen (secondary N) is 5. The lowest BCUT2D eigenvalue weighted by molar-refractivity contribution is -0.548. The Morgan fingerprint density at radius 3 is 1.98 bits per heavy atom. The Morgan fingerprint density at radius 1 is 0.787 bits per heavy atom. The summed E-state index contributed by atoms with van der Waals surface area (Å²) >= 11 is 0. The largest absolute Gasteiger partial charge is 0.461 e. The smallest absolute Gasteiger partial charge is 0.306 e. The van der Waals surface area contributed by atoms with Crippen LogP contribution >= 0.6 is 0 Å². The number of anilines is 1. The van der Waals surface area contributed by atoms with Crippen LogP contribution in [0.2, 0.25) is 0 Å². The number of nitrogens with zero attached hydrogens (tertiary/aromatic N) is 3. The number of esters is 1. The van der Waals surface area contributed by atoms with Crippen LogP contribution in [0.1, 0.15) is 62.4 Å². The second-order valence-electron chi connectivity index (χ2n) is 14.0. The second kappa shape index (κ2) is 23.8. The van der Waals surface area contributed by atoms with Gasteiger partial charge in [-0.2, -0.15) is 0 Å². The van der Waals surface area contributed by atoms with Gasteiger partial charge in [0.15, 0.2) is 22.8 Å². The Bertz CT molecular complexity index is 2030. The van der Waals surface area contributed by atoms with Crippen LogP contribution in [-0.4, -0.2) is 82.0 Å². The van der Waals surface area contributed by atoms with E-state index in [0.717, 1.165) is 12.1 Å². The van der Waals surface area contributed by atoms with Crippen molar-refractivity contribution >= 4 is 52.7 Å². The molecule has 0 spiro atoms. The van der Waals surface area contributed by atoms with E-state index in [1.54, 1.807) is 67.6 Å². The number of nitrogens with two attached hydrogens (primary N) is 2. The number of nitro benzene ring substituents is 1. The maximum atomic E-state index is 14.0. The van der Waals surface area contributed by atoms with Crippen molar-refractivity contribution in [3.8, 4) is 0 Å². The van der Waals surface area contributed by atoms with Gasteiger partial charge in [0.05, 0.1) is 17.5 Å². The van der Waals surface area contributed by atoms with Gasteiger partial charge in [-0.1, -0.05) is 68.8 Å². The van der Waals surface area contributed by atoms with Crippen molar-refractivity contribution in [2.75, 3.05) is 11.9 Å². The van der Waals surface area contributed by atoms with Crippen LogP contribution in [0.5, 0.6) is 0 Å². The van der Waals surface area contributed by atoms with Crippen molar-refractivity contribution in [1.82, 2.24) is 21.4 Å². The zero-order valence-corrected chi connectivity index (χ0v) is 33.8. The molecule has 0 aliphatic heterocycles. The molecule has 9 N–H and O–H groups in total. The molecule has 1 unspecified atom stereocenters. The zero-order chi connectivity index (χ0) is 45.1. The molecular weight excluding hydrogens is 796 g/mol. The van der Waals surface area contributed by atoms with E-state index >= 15 is 0 Å². The molecule has 0 heterocycles. The number of amides is 4. The molecule has 4 amide bonds. The first kappa shape index (κ1) is 47.9. The average molecular weight is 847 g/mol. The third kappa shape index (κ3) is 16.0. The summed E-state index contributed by atoms with van der Waals surface area (Å²) in [5.41, 5.74) is 13.7. The third-order valence-electron chi connectivity index (χ3n) is 9.46. The highest BCUT2D eigenvalue weighted by molar-refractivity contribution is 5.99. The minimum Gasteiger partial charge on any atom is -0.461 e. The molecule has 0 aromatic heterocycles. The lowest BCUT2D eigenvalue weighted by Crippen LogP contribution is -2.57. The van der Waals surface area contributed by atoms with Gasteiger partial charge in [-0.15, -0.1) is 5.43 Å². The first-order chi connectivity index (χ1) is 29.0. The van der Waals surface area contributed by atoms with E-state index in [1.165, 1.54) is 19.1 Å². The van der Waals surface area contributed by atoms with Gasteiger partial charge in [-0.05, 0) is 55.5 Å². The quantitative estimate of drug-likeness (QED) is 0.0223. The standard InChI is InChI=1S/C40H50N10O11/c1-4-24(2)34(47-36(53)27-13-9-6-10-14-27)39(56)46-31(19-20-33(51)61-23-26-11-7-5-8-12-26)37(54)44-25(3)35(52)28(22-43-40(41)42)21-32(48-50(59)60)38(55)45-29-15-17-30(18-16-29)49(57)58/h5-18,24-25,28,31-32,34,48H,4,19-23H2,1-3H3,(H,44,54)(H,45,55)(H,46,56)(H,47,53)(H4,41,42,43)/t24-,25-,28?,31-,32-,34-/m0/s1. The first-order valence-electron chi connectivity index (χ1n) is 19.2. The van der Waals surface area contributed by atoms with Gasteiger partial charge in [0.2, 0.25) is 11.8 Å². The van der Waals surface area contributed by atoms with E-state index in [2.05, 4.69) is 26.3 Å². The summed E-state index contributed by atoms with van der Waals surface area (Å²) in [6.45, 7) is 4.32. The van der Waals surface area contributed by atoms with Crippen molar-refractivity contribution in [2.45, 2.75) is 77.2 Å². The molecule has 21 heteroatoms. The van der Waals surface area contributed by atoms with Crippen LogP contribution < -0.4 is 38.2 Å². The lowest BCUT2D eigenvalue weighted by atomic mass is 9.91. The van der Waals surface area contributed by atoms with Gasteiger partial charge in [-0.3, -0.25) is 43.9 Å². The number of rotatable bonds is 24. The molecule has 0 radical (unpaired) electrons.